The lowest BCUT2D eigenvalue weighted by molar-refractivity contribution is 0.393. The SMILES string of the molecule is CCCCCc1c(C)cnc(OC)c1C. The molecule has 0 aliphatic rings. The predicted molar refractivity (Wildman–Crippen MR) is 63.5 cm³/mol. The second kappa shape index (κ2) is 5.74. The molecule has 0 spiro atoms. The Labute approximate surface area is 92.7 Å². The van der Waals surface area contributed by atoms with Crippen molar-refractivity contribution < 1.29 is 4.74 Å². The Morgan fingerprint density at radius 1 is 1.27 bits per heavy atom. The van der Waals surface area contributed by atoms with Crippen molar-refractivity contribution in [1.82, 2.24) is 4.98 Å². The average Bonchev–Trinajstić information content (AvgIpc) is 2.23. The highest BCUT2D eigenvalue weighted by Crippen LogP contribution is 2.23. The van der Waals surface area contributed by atoms with Crippen molar-refractivity contribution in [2.45, 2.75) is 46.5 Å². The number of rotatable bonds is 5. The fourth-order valence-corrected chi connectivity index (χ4v) is 1.90. The maximum absolute atomic E-state index is 5.24. The minimum absolute atomic E-state index is 0.770. The lowest BCUT2D eigenvalue weighted by atomic mass is 9.99. The van der Waals surface area contributed by atoms with E-state index < -0.39 is 0 Å². The molecule has 0 bridgehead atoms. The molecule has 0 amide bonds. The second-order valence-corrected chi connectivity index (χ2v) is 4.01. The molecule has 0 radical (unpaired) electrons. The Bertz CT molecular complexity index is 321. The standard InChI is InChI=1S/C13H21NO/c1-5-6-7-8-12-10(2)9-14-13(15-4)11(12)3/h9H,5-8H2,1-4H3. The first kappa shape index (κ1) is 12.0. The summed E-state index contributed by atoms with van der Waals surface area (Å²) in [5.41, 5.74) is 3.90. The average molecular weight is 207 g/mol. The summed E-state index contributed by atoms with van der Waals surface area (Å²) in [7, 11) is 1.68. The van der Waals surface area contributed by atoms with E-state index in [1.807, 2.05) is 6.20 Å². The molecule has 0 saturated carbocycles. The summed E-state index contributed by atoms with van der Waals surface area (Å²) in [5.74, 6) is 0.770. The smallest absolute Gasteiger partial charge is 0.216 e. The molecule has 0 fully saturated rings. The highest BCUT2D eigenvalue weighted by atomic mass is 16.5. The number of aryl methyl sites for hydroxylation is 1. The van der Waals surface area contributed by atoms with Gasteiger partial charge in [-0.2, -0.15) is 0 Å². The normalized spacial score (nSPS) is 10.4. The van der Waals surface area contributed by atoms with Gasteiger partial charge < -0.3 is 4.74 Å². The van der Waals surface area contributed by atoms with Crippen LogP contribution in [0.15, 0.2) is 6.20 Å². The monoisotopic (exact) mass is 207 g/mol. The molecular weight excluding hydrogens is 186 g/mol. The Kier molecular flexibility index (Phi) is 4.60. The van der Waals surface area contributed by atoms with E-state index in [1.165, 1.54) is 36.0 Å². The van der Waals surface area contributed by atoms with Crippen molar-refractivity contribution in [2.24, 2.45) is 0 Å². The summed E-state index contributed by atoms with van der Waals surface area (Å²) < 4.78 is 5.24. The topological polar surface area (TPSA) is 22.1 Å². The van der Waals surface area contributed by atoms with Gasteiger partial charge in [-0.1, -0.05) is 19.8 Å². The fourth-order valence-electron chi connectivity index (χ4n) is 1.90. The maximum Gasteiger partial charge on any atom is 0.216 e. The molecule has 2 heteroatoms. The van der Waals surface area contributed by atoms with Crippen molar-refractivity contribution in [3.63, 3.8) is 0 Å². The number of hydrogen-bond acceptors (Lipinski definition) is 2. The van der Waals surface area contributed by atoms with Crippen LogP contribution >= 0.6 is 0 Å². The van der Waals surface area contributed by atoms with E-state index in [9.17, 15) is 0 Å². The zero-order valence-electron chi connectivity index (χ0n) is 10.3. The first-order valence-corrected chi connectivity index (χ1v) is 5.69. The van der Waals surface area contributed by atoms with Gasteiger partial charge in [-0.25, -0.2) is 4.98 Å². The van der Waals surface area contributed by atoms with Gasteiger partial charge in [-0.3, -0.25) is 0 Å². The number of methoxy groups -OCH3 is 1. The van der Waals surface area contributed by atoms with Gasteiger partial charge in [0.25, 0.3) is 0 Å². The molecule has 1 aromatic heterocycles. The number of hydrogen-bond donors (Lipinski definition) is 0. The molecule has 1 rings (SSSR count). The van der Waals surface area contributed by atoms with Gasteiger partial charge >= 0.3 is 0 Å². The van der Waals surface area contributed by atoms with Crippen LogP contribution in [0, 0.1) is 13.8 Å². The van der Waals surface area contributed by atoms with Gasteiger partial charge in [0.1, 0.15) is 0 Å². The van der Waals surface area contributed by atoms with Crippen LogP contribution in [-0.2, 0) is 6.42 Å². The van der Waals surface area contributed by atoms with Gasteiger partial charge in [-0.05, 0) is 37.8 Å². The van der Waals surface area contributed by atoms with E-state index in [0.29, 0.717) is 0 Å². The van der Waals surface area contributed by atoms with Crippen LogP contribution in [0.3, 0.4) is 0 Å². The van der Waals surface area contributed by atoms with Crippen LogP contribution in [0.2, 0.25) is 0 Å². The molecule has 84 valence electrons. The Balaban J connectivity index is 2.84. The molecule has 0 atom stereocenters. The largest absolute Gasteiger partial charge is 0.481 e. The zero-order chi connectivity index (χ0) is 11.3. The third kappa shape index (κ3) is 2.95. The maximum atomic E-state index is 5.24. The minimum Gasteiger partial charge on any atom is -0.481 e. The molecule has 15 heavy (non-hydrogen) atoms. The summed E-state index contributed by atoms with van der Waals surface area (Å²) in [6.07, 6.45) is 6.87. The van der Waals surface area contributed by atoms with Gasteiger partial charge in [0.15, 0.2) is 0 Å². The molecular formula is C13H21NO. The Morgan fingerprint density at radius 2 is 2.00 bits per heavy atom. The van der Waals surface area contributed by atoms with Gasteiger partial charge in [-0.15, -0.1) is 0 Å². The van der Waals surface area contributed by atoms with Crippen LogP contribution in [-0.4, -0.2) is 12.1 Å². The molecule has 2 nitrogen and oxygen atoms in total. The summed E-state index contributed by atoms with van der Waals surface area (Å²) in [4.78, 5) is 4.26. The molecule has 0 aromatic carbocycles. The molecule has 0 saturated heterocycles. The second-order valence-electron chi connectivity index (χ2n) is 4.01. The first-order valence-electron chi connectivity index (χ1n) is 5.69. The Hall–Kier alpha value is -1.05. The summed E-state index contributed by atoms with van der Waals surface area (Å²) in [6.45, 7) is 6.45. The van der Waals surface area contributed by atoms with Gasteiger partial charge in [0, 0.05) is 11.8 Å². The molecule has 0 N–H and O–H groups in total. The van der Waals surface area contributed by atoms with Crippen LogP contribution < -0.4 is 4.74 Å². The highest BCUT2D eigenvalue weighted by molar-refractivity contribution is 5.38. The minimum atomic E-state index is 0.770. The van der Waals surface area contributed by atoms with Crippen molar-refractivity contribution in [3.05, 3.63) is 22.9 Å². The van der Waals surface area contributed by atoms with E-state index in [-0.39, 0.29) is 0 Å². The third-order valence-corrected chi connectivity index (χ3v) is 2.85. The van der Waals surface area contributed by atoms with Crippen LogP contribution in [0.5, 0.6) is 5.88 Å². The van der Waals surface area contributed by atoms with Crippen LogP contribution in [0.4, 0.5) is 0 Å². The number of pyridine rings is 1. The molecule has 0 unspecified atom stereocenters. The molecule has 1 aromatic rings. The number of nitrogens with zero attached hydrogens (tertiary/aromatic N) is 1. The number of ether oxygens (including phenoxy) is 1. The van der Waals surface area contributed by atoms with Crippen molar-refractivity contribution in [2.75, 3.05) is 7.11 Å². The van der Waals surface area contributed by atoms with Crippen molar-refractivity contribution in [3.8, 4) is 5.88 Å². The van der Waals surface area contributed by atoms with Gasteiger partial charge in [0.05, 0.1) is 7.11 Å². The summed E-state index contributed by atoms with van der Waals surface area (Å²) in [6, 6.07) is 0. The van der Waals surface area contributed by atoms with Crippen LogP contribution in [0.25, 0.3) is 0 Å². The van der Waals surface area contributed by atoms with Gasteiger partial charge in [0.2, 0.25) is 5.88 Å². The number of aromatic nitrogens is 1. The third-order valence-electron chi connectivity index (χ3n) is 2.85. The lowest BCUT2D eigenvalue weighted by Crippen LogP contribution is -2.00. The van der Waals surface area contributed by atoms with Crippen LogP contribution in [0.1, 0.15) is 42.9 Å². The zero-order valence-corrected chi connectivity index (χ0v) is 10.3. The van der Waals surface area contributed by atoms with E-state index in [4.69, 9.17) is 4.74 Å². The van der Waals surface area contributed by atoms with E-state index in [1.54, 1.807) is 7.11 Å². The lowest BCUT2D eigenvalue weighted by Gasteiger charge is -2.12. The molecule has 0 aliphatic heterocycles. The first-order chi connectivity index (χ1) is 7.20. The van der Waals surface area contributed by atoms with Crippen molar-refractivity contribution >= 4 is 0 Å². The predicted octanol–water partition coefficient (Wildman–Crippen LogP) is 3.44. The number of unbranched alkanes of at least 4 members (excludes halogenated alkanes) is 2. The van der Waals surface area contributed by atoms with E-state index in [0.717, 1.165) is 12.3 Å². The molecule has 0 aliphatic carbocycles. The van der Waals surface area contributed by atoms with Crippen molar-refractivity contribution in [1.29, 1.82) is 0 Å². The molecule has 1 heterocycles. The van der Waals surface area contributed by atoms with E-state index >= 15 is 0 Å². The highest BCUT2D eigenvalue weighted by Gasteiger charge is 2.08. The Morgan fingerprint density at radius 3 is 2.60 bits per heavy atom. The van der Waals surface area contributed by atoms with E-state index in [2.05, 4.69) is 25.8 Å². The summed E-state index contributed by atoms with van der Waals surface area (Å²) >= 11 is 0. The fraction of sp³-hybridized carbons (Fsp3) is 0.615. The summed E-state index contributed by atoms with van der Waals surface area (Å²) in [5, 5.41) is 0. The quantitative estimate of drug-likeness (QED) is 0.690.